The molecular weight excluding hydrogens is 306 g/mol. The fourth-order valence-corrected chi connectivity index (χ4v) is 1.94. The summed E-state index contributed by atoms with van der Waals surface area (Å²) in [7, 11) is 1.49. The highest BCUT2D eigenvalue weighted by Crippen LogP contribution is 2.27. The third-order valence-corrected chi connectivity index (χ3v) is 3.40. The van der Waals surface area contributed by atoms with Crippen LogP contribution in [0.5, 0.6) is 17.4 Å². The molecule has 0 fully saturated rings. The first kappa shape index (κ1) is 17.4. The Bertz CT molecular complexity index is 772. The molecule has 0 spiro atoms. The molecule has 0 aliphatic heterocycles. The van der Waals surface area contributed by atoms with Gasteiger partial charge in [-0.05, 0) is 31.5 Å². The van der Waals surface area contributed by atoms with E-state index in [0.717, 1.165) is 5.56 Å². The standard InChI is InChI=1S/C18H19N3O3/c1-18(2,20)16(22)8-12-4-7-17(21-11-12)24-14-6-5-13(10-19)15(9-14)23-3/h4-7,9,11H,8,20H2,1-3H3. The van der Waals surface area contributed by atoms with Crippen molar-refractivity contribution in [2.45, 2.75) is 25.8 Å². The van der Waals surface area contributed by atoms with Crippen LogP contribution in [-0.4, -0.2) is 23.4 Å². The molecule has 1 aromatic carbocycles. The van der Waals surface area contributed by atoms with Gasteiger partial charge in [-0.15, -0.1) is 0 Å². The summed E-state index contributed by atoms with van der Waals surface area (Å²) in [4.78, 5) is 16.1. The van der Waals surface area contributed by atoms with Crippen LogP contribution in [0.4, 0.5) is 0 Å². The third kappa shape index (κ3) is 4.31. The number of ketones is 1. The molecule has 0 unspecified atom stereocenters. The molecular formula is C18H19N3O3. The monoisotopic (exact) mass is 325 g/mol. The van der Waals surface area contributed by atoms with Crippen LogP contribution < -0.4 is 15.2 Å². The van der Waals surface area contributed by atoms with Gasteiger partial charge >= 0.3 is 0 Å². The lowest BCUT2D eigenvalue weighted by Gasteiger charge is -2.16. The number of rotatable bonds is 6. The Balaban J connectivity index is 2.10. The van der Waals surface area contributed by atoms with Crippen LogP contribution in [0.15, 0.2) is 36.5 Å². The molecule has 6 heteroatoms. The average molecular weight is 325 g/mol. The van der Waals surface area contributed by atoms with Gasteiger partial charge in [-0.1, -0.05) is 6.07 Å². The molecule has 1 heterocycles. The number of ether oxygens (including phenoxy) is 2. The summed E-state index contributed by atoms with van der Waals surface area (Å²) >= 11 is 0. The molecule has 0 amide bonds. The largest absolute Gasteiger partial charge is 0.495 e. The Morgan fingerprint density at radius 3 is 2.62 bits per heavy atom. The molecule has 24 heavy (non-hydrogen) atoms. The second-order valence-electron chi connectivity index (χ2n) is 5.90. The summed E-state index contributed by atoms with van der Waals surface area (Å²) in [5, 5.41) is 8.97. The van der Waals surface area contributed by atoms with E-state index < -0.39 is 5.54 Å². The van der Waals surface area contributed by atoms with E-state index in [1.807, 2.05) is 6.07 Å². The molecule has 6 nitrogen and oxygen atoms in total. The van der Waals surface area contributed by atoms with Crippen LogP contribution in [0.3, 0.4) is 0 Å². The Kier molecular flexibility index (Phi) is 5.17. The van der Waals surface area contributed by atoms with E-state index in [1.165, 1.54) is 7.11 Å². The van der Waals surface area contributed by atoms with Crippen LogP contribution in [0.2, 0.25) is 0 Å². The van der Waals surface area contributed by atoms with Crippen molar-refractivity contribution in [1.29, 1.82) is 5.26 Å². The second-order valence-corrected chi connectivity index (χ2v) is 5.90. The zero-order valence-corrected chi connectivity index (χ0v) is 13.9. The van der Waals surface area contributed by atoms with Gasteiger partial charge in [-0.25, -0.2) is 4.98 Å². The highest BCUT2D eigenvalue weighted by molar-refractivity contribution is 5.89. The summed E-state index contributed by atoms with van der Waals surface area (Å²) in [5.41, 5.74) is 6.11. The molecule has 0 atom stereocenters. The number of nitrogens with two attached hydrogens (primary N) is 1. The van der Waals surface area contributed by atoms with E-state index in [9.17, 15) is 4.79 Å². The summed E-state index contributed by atoms with van der Waals surface area (Å²) in [6, 6.07) is 10.4. The van der Waals surface area contributed by atoms with E-state index >= 15 is 0 Å². The predicted molar refractivity (Wildman–Crippen MR) is 89.0 cm³/mol. The number of carbonyl (C=O) groups is 1. The minimum atomic E-state index is -0.867. The predicted octanol–water partition coefficient (Wildman–Crippen LogP) is 2.60. The van der Waals surface area contributed by atoms with Gasteiger partial charge in [0.25, 0.3) is 0 Å². The molecule has 0 aliphatic rings. The number of benzene rings is 1. The minimum absolute atomic E-state index is 0.0604. The zero-order chi connectivity index (χ0) is 17.7. The van der Waals surface area contributed by atoms with Gasteiger partial charge in [0.05, 0.1) is 18.2 Å². The highest BCUT2D eigenvalue weighted by Gasteiger charge is 2.21. The molecule has 0 bridgehead atoms. The van der Waals surface area contributed by atoms with Crippen molar-refractivity contribution in [3.63, 3.8) is 0 Å². The van der Waals surface area contributed by atoms with Gasteiger partial charge in [-0.2, -0.15) is 5.26 Å². The molecule has 0 radical (unpaired) electrons. The van der Waals surface area contributed by atoms with Crippen molar-refractivity contribution in [3.8, 4) is 23.4 Å². The van der Waals surface area contributed by atoms with Gasteiger partial charge in [0.15, 0.2) is 5.78 Å². The molecule has 2 aromatic rings. The van der Waals surface area contributed by atoms with E-state index in [1.54, 1.807) is 50.4 Å². The van der Waals surface area contributed by atoms with Gasteiger partial charge in [0.2, 0.25) is 5.88 Å². The number of hydrogen-bond acceptors (Lipinski definition) is 6. The number of methoxy groups -OCH3 is 1. The maximum atomic E-state index is 11.9. The maximum Gasteiger partial charge on any atom is 0.219 e. The summed E-state index contributed by atoms with van der Waals surface area (Å²) in [6.45, 7) is 3.36. The Hall–Kier alpha value is -2.91. The van der Waals surface area contributed by atoms with Crippen molar-refractivity contribution in [2.75, 3.05) is 7.11 Å². The van der Waals surface area contributed by atoms with Crippen molar-refractivity contribution >= 4 is 5.78 Å². The molecule has 0 saturated heterocycles. The molecule has 1 aromatic heterocycles. The zero-order valence-electron chi connectivity index (χ0n) is 13.9. The molecule has 2 N–H and O–H groups in total. The smallest absolute Gasteiger partial charge is 0.219 e. The van der Waals surface area contributed by atoms with Crippen LogP contribution >= 0.6 is 0 Å². The number of nitrogens with zero attached hydrogens (tertiary/aromatic N) is 2. The lowest BCUT2D eigenvalue weighted by molar-refractivity contribution is -0.122. The van der Waals surface area contributed by atoms with Gasteiger partial charge in [0.1, 0.15) is 17.6 Å². The lowest BCUT2D eigenvalue weighted by Crippen LogP contribution is -2.42. The number of pyridine rings is 1. The minimum Gasteiger partial charge on any atom is -0.495 e. The number of carbonyl (C=O) groups excluding carboxylic acids is 1. The summed E-state index contributed by atoms with van der Waals surface area (Å²) in [5.74, 6) is 1.26. The molecule has 2 rings (SSSR count). The van der Waals surface area contributed by atoms with E-state index in [0.29, 0.717) is 22.9 Å². The van der Waals surface area contributed by atoms with Crippen molar-refractivity contribution in [2.24, 2.45) is 5.73 Å². The Morgan fingerprint density at radius 1 is 1.33 bits per heavy atom. The number of Topliss-reactive ketones (excluding diaryl/α,β-unsaturated/α-hetero) is 1. The Morgan fingerprint density at radius 2 is 2.08 bits per heavy atom. The molecule has 0 aliphatic carbocycles. The van der Waals surface area contributed by atoms with E-state index in [2.05, 4.69) is 4.98 Å². The average Bonchev–Trinajstić information content (AvgIpc) is 2.55. The molecule has 0 saturated carbocycles. The van der Waals surface area contributed by atoms with Crippen LogP contribution in [0.25, 0.3) is 0 Å². The molecule has 124 valence electrons. The third-order valence-electron chi connectivity index (χ3n) is 3.40. The maximum absolute atomic E-state index is 11.9. The first-order valence-electron chi connectivity index (χ1n) is 7.36. The number of nitriles is 1. The first-order chi connectivity index (χ1) is 11.3. The fourth-order valence-electron chi connectivity index (χ4n) is 1.94. The Labute approximate surface area is 140 Å². The summed E-state index contributed by atoms with van der Waals surface area (Å²) < 4.78 is 10.8. The number of hydrogen-bond donors (Lipinski definition) is 1. The van der Waals surface area contributed by atoms with Crippen molar-refractivity contribution < 1.29 is 14.3 Å². The fraction of sp³-hybridized carbons (Fsp3) is 0.278. The van der Waals surface area contributed by atoms with Crippen molar-refractivity contribution in [3.05, 3.63) is 47.7 Å². The quantitative estimate of drug-likeness (QED) is 0.876. The van der Waals surface area contributed by atoms with Gasteiger partial charge in [-0.3, -0.25) is 4.79 Å². The highest BCUT2D eigenvalue weighted by atomic mass is 16.5. The van der Waals surface area contributed by atoms with Gasteiger partial charge in [0, 0.05) is 24.8 Å². The first-order valence-corrected chi connectivity index (χ1v) is 7.36. The van der Waals surface area contributed by atoms with Crippen LogP contribution in [0, 0.1) is 11.3 Å². The van der Waals surface area contributed by atoms with E-state index in [4.69, 9.17) is 20.5 Å². The normalized spacial score (nSPS) is 10.8. The SMILES string of the molecule is COc1cc(Oc2ccc(CC(=O)C(C)(C)N)cn2)ccc1C#N. The van der Waals surface area contributed by atoms with Crippen LogP contribution in [0.1, 0.15) is 25.0 Å². The lowest BCUT2D eigenvalue weighted by atomic mass is 9.95. The number of aromatic nitrogens is 1. The van der Waals surface area contributed by atoms with Gasteiger partial charge < -0.3 is 15.2 Å². The topological polar surface area (TPSA) is 98.2 Å². The second kappa shape index (κ2) is 7.11. The van der Waals surface area contributed by atoms with E-state index in [-0.39, 0.29) is 12.2 Å². The van der Waals surface area contributed by atoms with Crippen molar-refractivity contribution in [1.82, 2.24) is 4.98 Å². The van der Waals surface area contributed by atoms with Crippen LogP contribution in [-0.2, 0) is 11.2 Å². The summed E-state index contributed by atoms with van der Waals surface area (Å²) in [6.07, 6.45) is 1.81.